The maximum atomic E-state index is 12.8. The van der Waals surface area contributed by atoms with E-state index in [1.807, 2.05) is 30.3 Å². The Labute approximate surface area is 125 Å². The zero-order valence-electron chi connectivity index (χ0n) is 12.1. The van der Waals surface area contributed by atoms with Crippen LogP contribution in [0.2, 0.25) is 0 Å². The Balaban J connectivity index is 1.97. The maximum absolute atomic E-state index is 12.8. The Kier molecular flexibility index (Phi) is 3.78. The monoisotopic (exact) mass is 284 g/mol. The smallest absolute Gasteiger partial charge is 0.250 e. The first kappa shape index (κ1) is 13.9. The van der Waals surface area contributed by atoms with Crippen molar-refractivity contribution in [3.05, 3.63) is 48.6 Å². The second-order valence-electron chi connectivity index (χ2n) is 5.61. The molecule has 0 N–H and O–H groups in total. The third kappa shape index (κ3) is 2.35. The summed E-state index contributed by atoms with van der Waals surface area (Å²) in [6.45, 7) is 4.98. The number of nitrogens with zero attached hydrogens (tertiary/aromatic N) is 2. The van der Waals surface area contributed by atoms with Crippen LogP contribution in [0.4, 0.5) is 0 Å². The minimum absolute atomic E-state index is 0.0624. The van der Waals surface area contributed by atoms with Gasteiger partial charge in [-0.3, -0.25) is 9.59 Å². The molecule has 2 heterocycles. The number of hydrogen-bond donors (Lipinski definition) is 0. The lowest BCUT2D eigenvalue weighted by molar-refractivity contribution is -0.159. The van der Waals surface area contributed by atoms with Gasteiger partial charge in [-0.25, -0.2) is 0 Å². The lowest BCUT2D eigenvalue weighted by atomic mass is 9.98. The SMILES string of the molecule is C=CCCN1C(=O)C2CCCN2C(=O)C1c1ccccc1. The van der Waals surface area contributed by atoms with Crippen LogP contribution in [0.1, 0.15) is 30.9 Å². The maximum Gasteiger partial charge on any atom is 0.250 e. The van der Waals surface area contributed by atoms with E-state index in [2.05, 4.69) is 6.58 Å². The van der Waals surface area contributed by atoms with Crippen LogP contribution in [0.3, 0.4) is 0 Å². The van der Waals surface area contributed by atoms with E-state index in [0.29, 0.717) is 19.5 Å². The van der Waals surface area contributed by atoms with Crippen LogP contribution in [0.5, 0.6) is 0 Å². The zero-order valence-corrected chi connectivity index (χ0v) is 12.1. The third-order valence-electron chi connectivity index (χ3n) is 4.34. The van der Waals surface area contributed by atoms with Crippen LogP contribution in [0.15, 0.2) is 43.0 Å². The molecule has 2 fully saturated rings. The van der Waals surface area contributed by atoms with Gasteiger partial charge >= 0.3 is 0 Å². The average molecular weight is 284 g/mol. The Bertz CT molecular complexity index is 555. The molecular weight excluding hydrogens is 264 g/mol. The van der Waals surface area contributed by atoms with Crippen LogP contribution in [0.25, 0.3) is 0 Å². The molecule has 1 aromatic rings. The standard InChI is InChI=1S/C17H20N2O2/c1-2-3-11-19-15(13-8-5-4-6-9-13)17(21)18-12-7-10-14(18)16(19)20/h2,4-6,8-9,14-15H,1,3,7,10-12H2. The number of carbonyl (C=O) groups is 2. The minimum Gasteiger partial charge on any atom is -0.329 e. The fourth-order valence-corrected chi connectivity index (χ4v) is 3.32. The highest BCUT2D eigenvalue weighted by Crippen LogP contribution is 2.34. The average Bonchev–Trinajstić information content (AvgIpc) is 3.00. The molecule has 0 spiro atoms. The van der Waals surface area contributed by atoms with Crippen LogP contribution in [-0.4, -0.2) is 40.7 Å². The van der Waals surface area contributed by atoms with Crippen molar-refractivity contribution in [2.24, 2.45) is 0 Å². The Hall–Kier alpha value is -2.10. The van der Waals surface area contributed by atoms with Crippen molar-refractivity contribution in [3.63, 3.8) is 0 Å². The van der Waals surface area contributed by atoms with Gasteiger partial charge in [-0.2, -0.15) is 0 Å². The van der Waals surface area contributed by atoms with Crippen molar-refractivity contribution >= 4 is 11.8 Å². The first-order valence-electron chi connectivity index (χ1n) is 7.51. The summed E-state index contributed by atoms with van der Waals surface area (Å²) in [6.07, 6.45) is 4.20. The second-order valence-corrected chi connectivity index (χ2v) is 5.61. The van der Waals surface area contributed by atoms with Crippen LogP contribution < -0.4 is 0 Å². The predicted molar refractivity (Wildman–Crippen MR) is 80.4 cm³/mol. The summed E-state index contributed by atoms with van der Waals surface area (Å²) in [4.78, 5) is 29.1. The van der Waals surface area contributed by atoms with Crippen LogP contribution >= 0.6 is 0 Å². The number of fused-ring (bicyclic) bond motifs is 1. The Morgan fingerprint density at radius 3 is 2.67 bits per heavy atom. The fraction of sp³-hybridized carbons (Fsp3) is 0.412. The molecule has 0 radical (unpaired) electrons. The summed E-state index contributed by atoms with van der Waals surface area (Å²) in [6, 6.07) is 8.87. The molecule has 2 saturated heterocycles. The van der Waals surface area contributed by atoms with E-state index in [-0.39, 0.29) is 17.9 Å². The van der Waals surface area contributed by atoms with E-state index in [0.717, 1.165) is 18.4 Å². The number of piperazine rings is 1. The van der Waals surface area contributed by atoms with Gasteiger partial charge in [-0.1, -0.05) is 36.4 Å². The van der Waals surface area contributed by atoms with Crippen molar-refractivity contribution in [1.82, 2.24) is 9.80 Å². The number of carbonyl (C=O) groups excluding carboxylic acids is 2. The van der Waals surface area contributed by atoms with Crippen LogP contribution in [-0.2, 0) is 9.59 Å². The molecule has 0 aliphatic carbocycles. The van der Waals surface area contributed by atoms with Crippen molar-refractivity contribution in [3.8, 4) is 0 Å². The summed E-state index contributed by atoms with van der Waals surface area (Å²) in [5.74, 6) is 0.148. The summed E-state index contributed by atoms with van der Waals surface area (Å²) >= 11 is 0. The molecule has 0 aromatic heterocycles. The summed E-state index contributed by atoms with van der Waals surface area (Å²) in [5, 5.41) is 0. The number of benzene rings is 1. The highest BCUT2D eigenvalue weighted by atomic mass is 16.2. The molecule has 4 heteroatoms. The van der Waals surface area contributed by atoms with Gasteiger partial charge in [0.2, 0.25) is 5.91 Å². The summed E-state index contributed by atoms with van der Waals surface area (Å²) < 4.78 is 0. The first-order chi connectivity index (χ1) is 10.2. The Morgan fingerprint density at radius 2 is 1.95 bits per heavy atom. The van der Waals surface area contributed by atoms with Crippen LogP contribution in [0, 0.1) is 0 Å². The third-order valence-corrected chi connectivity index (χ3v) is 4.34. The van der Waals surface area contributed by atoms with E-state index in [9.17, 15) is 9.59 Å². The molecule has 3 rings (SSSR count). The van der Waals surface area contributed by atoms with Gasteiger partial charge in [0, 0.05) is 13.1 Å². The highest BCUT2D eigenvalue weighted by molar-refractivity contribution is 5.98. The molecule has 2 amide bonds. The molecule has 110 valence electrons. The van der Waals surface area contributed by atoms with E-state index in [1.54, 1.807) is 15.9 Å². The van der Waals surface area contributed by atoms with Gasteiger partial charge in [0.1, 0.15) is 12.1 Å². The van der Waals surface area contributed by atoms with Crippen molar-refractivity contribution in [2.45, 2.75) is 31.3 Å². The normalized spacial score (nSPS) is 25.1. The fourth-order valence-electron chi connectivity index (χ4n) is 3.32. The molecule has 2 unspecified atom stereocenters. The molecule has 0 saturated carbocycles. The number of amides is 2. The van der Waals surface area contributed by atoms with Gasteiger partial charge < -0.3 is 9.80 Å². The largest absolute Gasteiger partial charge is 0.329 e. The lowest BCUT2D eigenvalue weighted by Crippen LogP contribution is -2.58. The van der Waals surface area contributed by atoms with Crippen molar-refractivity contribution < 1.29 is 9.59 Å². The van der Waals surface area contributed by atoms with Crippen molar-refractivity contribution in [1.29, 1.82) is 0 Å². The minimum atomic E-state index is -0.479. The molecule has 1 aromatic carbocycles. The van der Waals surface area contributed by atoms with Crippen molar-refractivity contribution in [2.75, 3.05) is 13.1 Å². The molecule has 2 atom stereocenters. The van der Waals surface area contributed by atoms with E-state index >= 15 is 0 Å². The number of rotatable bonds is 4. The van der Waals surface area contributed by atoms with Gasteiger partial charge in [0.15, 0.2) is 0 Å². The molecule has 2 aliphatic rings. The summed E-state index contributed by atoms with van der Waals surface area (Å²) in [7, 11) is 0. The molecule has 4 nitrogen and oxygen atoms in total. The molecule has 2 aliphatic heterocycles. The van der Waals surface area contributed by atoms with Gasteiger partial charge in [0.05, 0.1) is 0 Å². The Morgan fingerprint density at radius 1 is 1.19 bits per heavy atom. The second kappa shape index (κ2) is 5.72. The zero-order chi connectivity index (χ0) is 14.8. The van der Waals surface area contributed by atoms with E-state index in [4.69, 9.17) is 0 Å². The predicted octanol–water partition coefficient (Wildman–Crippen LogP) is 2.14. The van der Waals surface area contributed by atoms with Gasteiger partial charge in [-0.05, 0) is 24.8 Å². The van der Waals surface area contributed by atoms with Gasteiger partial charge in [-0.15, -0.1) is 6.58 Å². The quantitative estimate of drug-likeness (QED) is 0.795. The van der Waals surface area contributed by atoms with E-state index < -0.39 is 6.04 Å². The first-order valence-corrected chi connectivity index (χ1v) is 7.51. The summed E-state index contributed by atoms with van der Waals surface area (Å²) in [5.41, 5.74) is 0.894. The molecule has 21 heavy (non-hydrogen) atoms. The number of hydrogen-bond acceptors (Lipinski definition) is 2. The van der Waals surface area contributed by atoms with Gasteiger partial charge in [0.25, 0.3) is 5.91 Å². The molecular formula is C17H20N2O2. The highest BCUT2D eigenvalue weighted by Gasteiger charge is 2.47. The topological polar surface area (TPSA) is 40.6 Å². The van der Waals surface area contributed by atoms with E-state index in [1.165, 1.54) is 0 Å². The lowest BCUT2D eigenvalue weighted by Gasteiger charge is -2.42. The molecule has 0 bridgehead atoms.